The van der Waals surface area contributed by atoms with Crippen molar-refractivity contribution in [2.75, 3.05) is 16.3 Å². The zero-order valence-electron chi connectivity index (χ0n) is 22.1. The zero-order valence-corrected chi connectivity index (χ0v) is 23.0. The summed E-state index contributed by atoms with van der Waals surface area (Å²) in [5, 5.41) is 14.8. The average Bonchev–Trinajstić information content (AvgIpc) is 2.87. The Balaban J connectivity index is 1.76. The standard InChI is InChI=1S/C31H32N2O5S/c1-20(2)17-28(27-14-8-11-21-9-4-6-12-25(21)27)30(34)32-29-19-24(33-39(3,37)38)16-15-23(29)18-22-10-5-7-13-26(22)31(35)36/h4-16,19-20,28,33H,17-18H2,1-3H3,(H,32,34)(H,35,36). The first-order valence-corrected chi connectivity index (χ1v) is 14.6. The first-order chi connectivity index (χ1) is 18.5. The molecule has 39 heavy (non-hydrogen) atoms. The van der Waals surface area contributed by atoms with Crippen LogP contribution < -0.4 is 10.0 Å². The Morgan fingerprint density at radius 3 is 2.28 bits per heavy atom. The Hall–Kier alpha value is -4.17. The van der Waals surface area contributed by atoms with Crippen LogP contribution in [0.1, 0.15) is 53.2 Å². The van der Waals surface area contributed by atoms with E-state index in [1.807, 2.05) is 42.5 Å². The van der Waals surface area contributed by atoms with Gasteiger partial charge in [-0.25, -0.2) is 13.2 Å². The fraction of sp³-hybridized carbons (Fsp3) is 0.226. The summed E-state index contributed by atoms with van der Waals surface area (Å²) in [7, 11) is -3.55. The largest absolute Gasteiger partial charge is 0.478 e. The van der Waals surface area contributed by atoms with E-state index in [0.717, 1.165) is 22.6 Å². The second kappa shape index (κ2) is 11.7. The Morgan fingerprint density at radius 2 is 1.56 bits per heavy atom. The number of hydrogen-bond donors (Lipinski definition) is 3. The van der Waals surface area contributed by atoms with Crippen molar-refractivity contribution in [3.05, 3.63) is 107 Å². The fourth-order valence-electron chi connectivity index (χ4n) is 4.83. The lowest BCUT2D eigenvalue weighted by Gasteiger charge is -2.22. The Bertz CT molecular complexity index is 1620. The topological polar surface area (TPSA) is 113 Å². The number of nitrogens with one attached hydrogen (secondary N) is 2. The minimum Gasteiger partial charge on any atom is -0.478 e. The SMILES string of the molecule is CC(C)CC(C(=O)Nc1cc(NS(C)(=O)=O)ccc1Cc1ccccc1C(=O)O)c1cccc2ccccc12. The van der Waals surface area contributed by atoms with Crippen molar-refractivity contribution in [3.8, 4) is 0 Å². The molecule has 0 spiro atoms. The summed E-state index contributed by atoms with van der Waals surface area (Å²) in [5.41, 5.74) is 3.05. The van der Waals surface area contributed by atoms with Gasteiger partial charge in [-0.2, -0.15) is 0 Å². The van der Waals surface area contributed by atoms with Gasteiger partial charge in [0.15, 0.2) is 0 Å². The Kier molecular flexibility index (Phi) is 8.35. The highest BCUT2D eigenvalue weighted by atomic mass is 32.2. The molecule has 4 rings (SSSR count). The van der Waals surface area contributed by atoms with E-state index >= 15 is 0 Å². The summed E-state index contributed by atoms with van der Waals surface area (Å²) in [6.45, 7) is 4.13. The number of fused-ring (bicyclic) bond motifs is 1. The van der Waals surface area contributed by atoms with Crippen molar-refractivity contribution >= 4 is 44.0 Å². The summed E-state index contributed by atoms with van der Waals surface area (Å²) in [5.74, 6) is -1.48. The molecule has 0 aliphatic rings. The summed E-state index contributed by atoms with van der Waals surface area (Å²) in [6, 6.07) is 25.5. The number of hydrogen-bond acceptors (Lipinski definition) is 4. The van der Waals surface area contributed by atoms with Crippen LogP contribution in [0.15, 0.2) is 84.9 Å². The molecule has 8 heteroatoms. The van der Waals surface area contributed by atoms with Crippen LogP contribution in [0.5, 0.6) is 0 Å². The van der Waals surface area contributed by atoms with Crippen molar-refractivity contribution in [1.82, 2.24) is 0 Å². The van der Waals surface area contributed by atoms with Crippen molar-refractivity contribution in [3.63, 3.8) is 0 Å². The van der Waals surface area contributed by atoms with E-state index in [9.17, 15) is 23.1 Å². The predicted octanol–water partition coefficient (Wildman–Crippen LogP) is 6.27. The molecule has 0 saturated heterocycles. The maximum atomic E-state index is 13.9. The first kappa shape index (κ1) is 27.9. The zero-order chi connectivity index (χ0) is 28.2. The number of anilines is 2. The normalized spacial score (nSPS) is 12.3. The van der Waals surface area contributed by atoms with Gasteiger partial charge in [0.05, 0.1) is 23.4 Å². The van der Waals surface area contributed by atoms with Gasteiger partial charge in [-0.1, -0.05) is 80.6 Å². The van der Waals surface area contributed by atoms with Crippen LogP contribution >= 0.6 is 0 Å². The molecule has 0 heterocycles. The second-order valence-electron chi connectivity index (χ2n) is 10.1. The lowest BCUT2D eigenvalue weighted by atomic mass is 9.86. The van der Waals surface area contributed by atoms with Gasteiger partial charge in [0.2, 0.25) is 15.9 Å². The monoisotopic (exact) mass is 544 g/mol. The van der Waals surface area contributed by atoms with E-state index in [0.29, 0.717) is 28.9 Å². The summed E-state index contributed by atoms with van der Waals surface area (Å²) in [6.07, 6.45) is 1.90. The van der Waals surface area contributed by atoms with Crippen LogP contribution in [-0.4, -0.2) is 31.7 Å². The molecule has 4 aromatic rings. The summed E-state index contributed by atoms with van der Waals surface area (Å²) >= 11 is 0. The molecule has 1 unspecified atom stereocenters. The molecule has 4 aromatic carbocycles. The van der Waals surface area contributed by atoms with Gasteiger partial charge < -0.3 is 10.4 Å². The molecule has 202 valence electrons. The smallest absolute Gasteiger partial charge is 0.335 e. The molecule has 0 aliphatic heterocycles. The van der Waals surface area contributed by atoms with Crippen LogP contribution in [0, 0.1) is 5.92 Å². The molecule has 0 aliphatic carbocycles. The van der Waals surface area contributed by atoms with E-state index in [1.165, 1.54) is 6.07 Å². The minimum atomic E-state index is -3.55. The van der Waals surface area contributed by atoms with Crippen molar-refractivity contribution in [2.24, 2.45) is 5.92 Å². The van der Waals surface area contributed by atoms with E-state index in [4.69, 9.17) is 0 Å². The summed E-state index contributed by atoms with van der Waals surface area (Å²) in [4.78, 5) is 25.7. The molecule has 0 bridgehead atoms. The molecule has 1 atom stereocenters. The highest BCUT2D eigenvalue weighted by molar-refractivity contribution is 7.92. The lowest BCUT2D eigenvalue weighted by Crippen LogP contribution is -2.24. The molecular formula is C31H32N2O5S. The van der Waals surface area contributed by atoms with Crippen molar-refractivity contribution in [1.29, 1.82) is 0 Å². The van der Waals surface area contributed by atoms with Gasteiger partial charge in [0, 0.05) is 12.1 Å². The van der Waals surface area contributed by atoms with E-state index in [-0.39, 0.29) is 23.8 Å². The fourth-order valence-corrected chi connectivity index (χ4v) is 5.39. The number of aromatic carboxylic acids is 1. The van der Waals surface area contributed by atoms with Crippen molar-refractivity contribution < 1.29 is 23.1 Å². The van der Waals surface area contributed by atoms with Gasteiger partial charge in [0.25, 0.3) is 0 Å². The number of benzene rings is 4. The number of rotatable bonds is 10. The number of carbonyl (C=O) groups is 2. The Labute approximate surface area is 228 Å². The second-order valence-corrected chi connectivity index (χ2v) is 11.9. The number of carboxylic acid groups (broad SMARTS) is 1. The molecule has 0 radical (unpaired) electrons. The number of amides is 1. The maximum absolute atomic E-state index is 13.9. The molecular weight excluding hydrogens is 512 g/mol. The number of carbonyl (C=O) groups excluding carboxylic acids is 1. The van der Waals surface area contributed by atoms with E-state index in [2.05, 4.69) is 23.9 Å². The Morgan fingerprint density at radius 1 is 0.872 bits per heavy atom. The van der Waals surface area contributed by atoms with Crippen LogP contribution in [0.25, 0.3) is 10.8 Å². The average molecular weight is 545 g/mol. The third-order valence-electron chi connectivity index (χ3n) is 6.52. The van der Waals surface area contributed by atoms with Gasteiger partial charge in [-0.15, -0.1) is 0 Å². The quantitative estimate of drug-likeness (QED) is 0.218. The minimum absolute atomic E-state index is 0.168. The number of carboxylic acids is 1. The highest BCUT2D eigenvalue weighted by Gasteiger charge is 2.25. The molecule has 0 saturated carbocycles. The molecule has 3 N–H and O–H groups in total. The van der Waals surface area contributed by atoms with Crippen LogP contribution in [0.2, 0.25) is 0 Å². The predicted molar refractivity (Wildman–Crippen MR) is 156 cm³/mol. The molecule has 0 aromatic heterocycles. The van der Waals surface area contributed by atoms with Gasteiger partial charge in [-0.05, 0) is 58.0 Å². The van der Waals surface area contributed by atoms with Crippen LogP contribution in [-0.2, 0) is 21.2 Å². The van der Waals surface area contributed by atoms with Crippen molar-refractivity contribution in [2.45, 2.75) is 32.6 Å². The van der Waals surface area contributed by atoms with E-state index in [1.54, 1.807) is 36.4 Å². The maximum Gasteiger partial charge on any atom is 0.335 e. The van der Waals surface area contributed by atoms with Crippen LogP contribution in [0.4, 0.5) is 11.4 Å². The van der Waals surface area contributed by atoms with Gasteiger partial charge in [-0.3, -0.25) is 9.52 Å². The third kappa shape index (κ3) is 7.03. The van der Waals surface area contributed by atoms with Crippen LogP contribution in [0.3, 0.4) is 0 Å². The summed E-state index contributed by atoms with van der Waals surface area (Å²) < 4.78 is 26.3. The molecule has 1 amide bonds. The lowest BCUT2D eigenvalue weighted by molar-refractivity contribution is -0.117. The first-order valence-electron chi connectivity index (χ1n) is 12.7. The van der Waals surface area contributed by atoms with Gasteiger partial charge in [0.1, 0.15) is 0 Å². The molecule has 7 nitrogen and oxygen atoms in total. The van der Waals surface area contributed by atoms with Gasteiger partial charge >= 0.3 is 5.97 Å². The third-order valence-corrected chi connectivity index (χ3v) is 7.13. The molecule has 0 fully saturated rings. The number of sulfonamides is 1. The highest BCUT2D eigenvalue weighted by Crippen LogP contribution is 2.33. The van der Waals surface area contributed by atoms with E-state index < -0.39 is 21.9 Å².